The highest BCUT2D eigenvalue weighted by Crippen LogP contribution is 2.24. The first-order valence-corrected chi connectivity index (χ1v) is 8.07. The first-order valence-electron chi connectivity index (χ1n) is 8.07. The number of hydrogen-bond acceptors (Lipinski definition) is 3. The Morgan fingerprint density at radius 2 is 2.12 bits per heavy atom. The zero-order chi connectivity index (χ0) is 17.1. The maximum atomic E-state index is 11.4. The van der Waals surface area contributed by atoms with E-state index in [-0.39, 0.29) is 11.5 Å². The third-order valence-electron chi connectivity index (χ3n) is 4.49. The number of carbonyl (C=O) groups excluding carboxylic acids is 1. The van der Waals surface area contributed by atoms with Gasteiger partial charge in [-0.3, -0.25) is 9.78 Å². The summed E-state index contributed by atoms with van der Waals surface area (Å²) in [7, 11) is 0. The number of pyridine rings is 1. The van der Waals surface area contributed by atoms with E-state index in [2.05, 4.69) is 4.98 Å². The molecule has 1 aromatic carbocycles. The number of amides is 1. The lowest BCUT2D eigenvalue weighted by atomic mass is 9.97. The Labute approximate surface area is 140 Å². The summed E-state index contributed by atoms with van der Waals surface area (Å²) in [5.74, 6) is -0.337. The van der Waals surface area contributed by atoms with Crippen molar-refractivity contribution in [1.82, 2.24) is 9.88 Å². The maximum Gasteiger partial charge on any atom is 0.335 e. The molecule has 24 heavy (non-hydrogen) atoms. The Morgan fingerprint density at radius 3 is 2.83 bits per heavy atom. The lowest BCUT2D eigenvalue weighted by Gasteiger charge is -2.14. The van der Waals surface area contributed by atoms with Crippen LogP contribution >= 0.6 is 0 Å². The topological polar surface area (TPSA) is 70.5 Å². The predicted molar refractivity (Wildman–Crippen MR) is 90.7 cm³/mol. The Kier molecular flexibility index (Phi) is 4.60. The second-order valence-corrected chi connectivity index (χ2v) is 6.26. The van der Waals surface area contributed by atoms with Crippen LogP contribution in [0.4, 0.5) is 0 Å². The highest BCUT2D eigenvalue weighted by molar-refractivity contribution is 5.89. The molecule has 0 aliphatic carbocycles. The summed E-state index contributed by atoms with van der Waals surface area (Å²) in [5.41, 5.74) is 2.99. The van der Waals surface area contributed by atoms with Gasteiger partial charge >= 0.3 is 5.97 Å². The monoisotopic (exact) mass is 324 g/mol. The quantitative estimate of drug-likeness (QED) is 0.939. The Hall–Kier alpha value is -2.69. The van der Waals surface area contributed by atoms with Crippen LogP contribution in [-0.4, -0.2) is 40.0 Å². The van der Waals surface area contributed by atoms with Gasteiger partial charge in [0, 0.05) is 31.8 Å². The highest BCUT2D eigenvalue weighted by atomic mass is 16.4. The van der Waals surface area contributed by atoms with E-state index in [1.165, 1.54) is 0 Å². The van der Waals surface area contributed by atoms with Crippen molar-refractivity contribution >= 4 is 11.9 Å². The molecule has 1 fully saturated rings. The minimum atomic E-state index is -0.941. The number of benzene rings is 1. The molecule has 1 N–H and O–H groups in total. The van der Waals surface area contributed by atoms with Crippen molar-refractivity contribution in [1.29, 1.82) is 0 Å². The molecule has 5 nitrogen and oxygen atoms in total. The average Bonchev–Trinajstić information content (AvgIpc) is 3.04. The number of aromatic carboxylic acids is 1. The fourth-order valence-electron chi connectivity index (χ4n) is 3.19. The van der Waals surface area contributed by atoms with Crippen LogP contribution in [0, 0.1) is 5.92 Å². The largest absolute Gasteiger partial charge is 0.478 e. The van der Waals surface area contributed by atoms with E-state index in [4.69, 9.17) is 5.11 Å². The second kappa shape index (κ2) is 6.83. The number of hydrogen-bond donors (Lipinski definition) is 1. The molecule has 2 heterocycles. The zero-order valence-corrected chi connectivity index (χ0v) is 13.6. The van der Waals surface area contributed by atoms with Gasteiger partial charge in [0.25, 0.3) is 0 Å². The number of carbonyl (C=O) groups is 2. The fraction of sp³-hybridized carbons (Fsp3) is 0.316. The van der Waals surface area contributed by atoms with E-state index in [1.54, 1.807) is 31.3 Å². The van der Waals surface area contributed by atoms with E-state index >= 15 is 0 Å². The molecule has 1 saturated heterocycles. The zero-order valence-electron chi connectivity index (χ0n) is 13.6. The predicted octanol–water partition coefficient (Wildman–Crippen LogP) is 2.86. The SMILES string of the molecule is CC(=O)N1CC[C@H](Cc2ccnc(-c3cccc(C(=O)O)c3)c2)C1. The Morgan fingerprint density at radius 1 is 1.29 bits per heavy atom. The summed E-state index contributed by atoms with van der Waals surface area (Å²) < 4.78 is 0. The molecular weight excluding hydrogens is 304 g/mol. The van der Waals surface area contributed by atoms with E-state index in [9.17, 15) is 9.59 Å². The third kappa shape index (κ3) is 3.62. The van der Waals surface area contributed by atoms with Crippen molar-refractivity contribution in [2.24, 2.45) is 5.92 Å². The molecule has 1 aromatic heterocycles. The Bertz CT molecular complexity index is 773. The highest BCUT2D eigenvalue weighted by Gasteiger charge is 2.24. The smallest absolute Gasteiger partial charge is 0.335 e. The molecule has 1 aliphatic rings. The average molecular weight is 324 g/mol. The summed E-state index contributed by atoms with van der Waals surface area (Å²) in [5, 5.41) is 9.12. The molecule has 3 rings (SSSR count). The maximum absolute atomic E-state index is 11.4. The number of nitrogens with zero attached hydrogens (tertiary/aromatic N) is 2. The van der Waals surface area contributed by atoms with Gasteiger partial charge < -0.3 is 10.0 Å². The fourth-order valence-corrected chi connectivity index (χ4v) is 3.19. The van der Waals surface area contributed by atoms with Crippen molar-refractivity contribution < 1.29 is 14.7 Å². The van der Waals surface area contributed by atoms with Gasteiger partial charge in [0.05, 0.1) is 11.3 Å². The minimum absolute atomic E-state index is 0.137. The molecule has 1 atom stereocenters. The van der Waals surface area contributed by atoms with Crippen LogP contribution in [0.15, 0.2) is 42.6 Å². The van der Waals surface area contributed by atoms with Crippen molar-refractivity contribution in [2.45, 2.75) is 19.8 Å². The molecule has 0 bridgehead atoms. The normalized spacial score (nSPS) is 17.0. The van der Waals surface area contributed by atoms with Crippen LogP contribution < -0.4 is 0 Å². The third-order valence-corrected chi connectivity index (χ3v) is 4.49. The van der Waals surface area contributed by atoms with Gasteiger partial charge in [0.1, 0.15) is 0 Å². The van der Waals surface area contributed by atoms with Crippen molar-refractivity contribution in [3.8, 4) is 11.3 Å². The molecule has 0 saturated carbocycles. The molecule has 1 aliphatic heterocycles. The van der Waals surface area contributed by atoms with E-state index in [0.29, 0.717) is 5.92 Å². The van der Waals surface area contributed by atoms with Gasteiger partial charge in [0.2, 0.25) is 5.91 Å². The molecule has 124 valence electrons. The van der Waals surface area contributed by atoms with Crippen LogP contribution in [0.5, 0.6) is 0 Å². The van der Waals surface area contributed by atoms with E-state index < -0.39 is 5.97 Å². The second-order valence-electron chi connectivity index (χ2n) is 6.26. The van der Waals surface area contributed by atoms with E-state index in [1.807, 2.05) is 23.1 Å². The summed E-state index contributed by atoms with van der Waals surface area (Å²) in [6.07, 6.45) is 3.68. The molecule has 2 aromatic rings. The first-order chi connectivity index (χ1) is 11.5. The van der Waals surface area contributed by atoms with Gasteiger partial charge in [-0.1, -0.05) is 12.1 Å². The lowest BCUT2D eigenvalue weighted by molar-refractivity contribution is -0.127. The van der Waals surface area contributed by atoms with Gasteiger partial charge in [-0.15, -0.1) is 0 Å². The van der Waals surface area contributed by atoms with Gasteiger partial charge in [-0.05, 0) is 48.6 Å². The Balaban J connectivity index is 1.76. The van der Waals surface area contributed by atoms with Crippen LogP contribution in [-0.2, 0) is 11.2 Å². The molecule has 0 unspecified atom stereocenters. The van der Waals surface area contributed by atoms with Crippen LogP contribution in [0.1, 0.15) is 29.3 Å². The number of rotatable bonds is 4. The van der Waals surface area contributed by atoms with Crippen molar-refractivity contribution in [3.05, 3.63) is 53.7 Å². The summed E-state index contributed by atoms with van der Waals surface area (Å²) in [4.78, 5) is 28.8. The van der Waals surface area contributed by atoms with Gasteiger partial charge in [-0.25, -0.2) is 4.79 Å². The van der Waals surface area contributed by atoms with Crippen LogP contribution in [0.2, 0.25) is 0 Å². The number of carboxylic acids is 1. The molecule has 0 radical (unpaired) electrons. The number of aromatic nitrogens is 1. The van der Waals surface area contributed by atoms with Gasteiger partial charge in [-0.2, -0.15) is 0 Å². The molecular formula is C19H20N2O3. The van der Waals surface area contributed by atoms with E-state index in [0.717, 1.165) is 42.8 Å². The molecule has 0 spiro atoms. The summed E-state index contributed by atoms with van der Waals surface area (Å²) in [6.45, 7) is 3.25. The molecule has 5 heteroatoms. The number of carboxylic acid groups (broad SMARTS) is 1. The van der Waals surface area contributed by atoms with Crippen molar-refractivity contribution in [2.75, 3.05) is 13.1 Å². The first kappa shape index (κ1) is 16.2. The minimum Gasteiger partial charge on any atom is -0.478 e. The van der Waals surface area contributed by atoms with Crippen molar-refractivity contribution in [3.63, 3.8) is 0 Å². The number of likely N-dealkylation sites (tertiary alicyclic amines) is 1. The van der Waals surface area contributed by atoms with Crippen LogP contribution in [0.3, 0.4) is 0 Å². The van der Waals surface area contributed by atoms with Crippen LogP contribution in [0.25, 0.3) is 11.3 Å². The summed E-state index contributed by atoms with van der Waals surface area (Å²) in [6, 6.07) is 10.8. The molecule has 1 amide bonds. The summed E-state index contributed by atoms with van der Waals surface area (Å²) >= 11 is 0. The van der Waals surface area contributed by atoms with Gasteiger partial charge in [0.15, 0.2) is 0 Å². The standard InChI is InChI=1S/C19H20N2O3/c1-13(22)21-8-6-15(12-21)9-14-5-7-20-18(10-14)16-3-2-4-17(11-16)19(23)24/h2-5,7,10-11,15H,6,8-9,12H2,1H3,(H,23,24)/t15-/m1/s1. The lowest BCUT2D eigenvalue weighted by Crippen LogP contribution is -2.26.